The van der Waals surface area contributed by atoms with E-state index in [4.69, 9.17) is 0 Å². The fourth-order valence-corrected chi connectivity index (χ4v) is 6.06. The van der Waals surface area contributed by atoms with Crippen LogP contribution in [0.25, 0.3) is 0 Å². The highest BCUT2D eigenvalue weighted by atomic mass is 15.1. The average molecular weight is 495 g/mol. The summed E-state index contributed by atoms with van der Waals surface area (Å²) in [6.07, 6.45) is 45.3. The van der Waals surface area contributed by atoms with E-state index in [-0.39, 0.29) is 0 Å². The van der Waals surface area contributed by atoms with Gasteiger partial charge in [-0.25, -0.2) is 5.92 Å². The van der Waals surface area contributed by atoms with Crippen LogP contribution in [0.15, 0.2) is 36.1 Å². The summed E-state index contributed by atoms with van der Waals surface area (Å²) in [5.74, 6) is 1.53. The van der Waals surface area contributed by atoms with Crippen LogP contribution < -0.4 is 4.90 Å². The number of nitrogens with one attached hydrogen (secondary N) is 1. The molecule has 4 bridgehead atoms. The Labute approximate surface area is 225 Å². The molecule has 1 unspecified atom stereocenters. The molecule has 3 heterocycles. The van der Waals surface area contributed by atoms with E-state index >= 15 is 0 Å². The molecule has 0 aromatic heterocycles. The number of allylic oxidation sites excluding steroid dienone is 3. The molecule has 0 aliphatic carbocycles. The van der Waals surface area contributed by atoms with Gasteiger partial charge in [0.25, 0.3) is 0 Å². The maximum absolute atomic E-state index is 2.55. The molecule has 2 heteroatoms. The van der Waals surface area contributed by atoms with Gasteiger partial charge in [0.05, 0.1) is 12.7 Å². The largest absolute Gasteiger partial charge is 0.343 e. The first-order valence-electron chi connectivity index (χ1n) is 16.1. The zero-order valence-corrected chi connectivity index (χ0v) is 23.7. The van der Waals surface area contributed by atoms with Crippen molar-refractivity contribution in [3.8, 4) is 0 Å². The van der Waals surface area contributed by atoms with Gasteiger partial charge < -0.3 is 15.6 Å². The van der Waals surface area contributed by atoms with Crippen LogP contribution in [0.5, 0.6) is 0 Å². The van der Waals surface area contributed by atoms with Gasteiger partial charge in [0.1, 0.15) is 13.1 Å². The Bertz CT molecular complexity index is 671. The quantitative estimate of drug-likeness (QED) is 0.256. The standard InChI is InChI=1S/C34H57N2/c1-2-4-7-11-15-19-27-35-29-22-26-34(32-35)24-18-14-10-6-8-12-16-20-28-36-30-21-25-33(31-36)23-17-13-9-5-3-1/h21-22,25-26,30-32H,1-20,23-24,27-29H2/q-1/p+1. The highest BCUT2D eigenvalue weighted by molar-refractivity contribution is 5.74. The summed E-state index contributed by atoms with van der Waals surface area (Å²) in [6, 6.07) is 0. The third-order valence-electron chi connectivity index (χ3n) is 8.37. The molecule has 1 N–H and O–H groups in total. The van der Waals surface area contributed by atoms with Crippen molar-refractivity contribution in [2.75, 3.05) is 19.6 Å². The summed E-state index contributed by atoms with van der Waals surface area (Å²) in [5, 5.41) is 0. The molecule has 2 nitrogen and oxygen atoms in total. The molecule has 36 heavy (non-hydrogen) atoms. The van der Waals surface area contributed by atoms with Gasteiger partial charge in [-0.3, -0.25) is 6.08 Å². The molecule has 3 aliphatic heterocycles. The Morgan fingerprint density at radius 1 is 0.667 bits per heavy atom. The van der Waals surface area contributed by atoms with Gasteiger partial charge in [-0.1, -0.05) is 102 Å². The minimum absolute atomic E-state index is 1.19. The zero-order chi connectivity index (χ0) is 24.9. The Balaban J connectivity index is 1.34. The Hall–Kier alpha value is -1.41. The maximum Gasteiger partial charge on any atom is 0.123 e. The highest BCUT2D eigenvalue weighted by Gasteiger charge is 2.10. The lowest BCUT2D eigenvalue weighted by atomic mass is 9.98. The fourth-order valence-electron chi connectivity index (χ4n) is 6.06. The number of fused-ring (bicyclic) bond motifs is 2. The van der Waals surface area contributed by atoms with E-state index in [1.807, 2.05) is 0 Å². The minimum atomic E-state index is 1.19. The van der Waals surface area contributed by atoms with Crippen molar-refractivity contribution in [1.29, 1.82) is 0 Å². The third-order valence-corrected chi connectivity index (χ3v) is 8.37. The summed E-state index contributed by atoms with van der Waals surface area (Å²) in [4.78, 5) is 1.69. The lowest BCUT2D eigenvalue weighted by Gasteiger charge is -2.28. The zero-order valence-electron chi connectivity index (χ0n) is 23.7. The van der Waals surface area contributed by atoms with Gasteiger partial charge in [0.15, 0.2) is 0 Å². The Kier molecular flexibility index (Phi) is 15.9. The van der Waals surface area contributed by atoms with Crippen molar-refractivity contribution in [2.24, 2.45) is 0 Å². The van der Waals surface area contributed by atoms with E-state index < -0.39 is 0 Å². The molecule has 0 fully saturated rings. The average Bonchev–Trinajstić information content (AvgIpc) is 2.90. The summed E-state index contributed by atoms with van der Waals surface area (Å²) < 4.78 is 2.44. The normalized spacial score (nSPS) is 25.8. The molecule has 0 aromatic rings. The summed E-state index contributed by atoms with van der Waals surface area (Å²) >= 11 is 0. The molecule has 1 atom stereocenters. The van der Waals surface area contributed by atoms with Crippen molar-refractivity contribution in [3.63, 3.8) is 0 Å². The maximum atomic E-state index is 2.55. The smallest absolute Gasteiger partial charge is 0.123 e. The van der Waals surface area contributed by atoms with Gasteiger partial charge in [-0.05, 0) is 50.9 Å². The molecule has 0 saturated carbocycles. The second-order valence-corrected chi connectivity index (χ2v) is 11.8. The van der Waals surface area contributed by atoms with Gasteiger partial charge in [-0.2, -0.15) is 0 Å². The number of quaternary nitrogens is 1. The summed E-state index contributed by atoms with van der Waals surface area (Å²) in [7, 11) is 0. The fraction of sp³-hybridized carbons (Fsp3) is 0.735. The first-order chi connectivity index (χ1) is 17.9. The van der Waals surface area contributed by atoms with Crippen LogP contribution in [0.2, 0.25) is 0 Å². The SMILES string of the molecule is C1=C[C-]2C=[N+]([CH-]1)CCCCCCCCCCC1=C[NH+](CC=C1)CCCCCCCCCCCCCC2. The van der Waals surface area contributed by atoms with Gasteiger partial charge in [0, 0.05) is 12.0 Å². The summed E-state index contributed by atoms with van der Waals surface area (Å²) in [5.41, 5.74) is 1.59. The van der Waals surface area contributed by atoms with E-state index in [1.165, 1.54) is 167 Å². The minimum Gasteiger partial charge on any atom is -0.343 e. The highest BCUT2D eigenvalue weighted by Crippen LogP contribution is 2.18. The van der Waals surface area contributed by atoms with Crippen LogP contribution in [0.1, 0.15) is 141 Å². The Morgan fingerprint density at radius 2 is 1.25 bits per heavy atom. The van der Waals surface area contributed by atoms with Crippen LogP contribution >= 0.6 is 0 Å². The van der Waals surface area contributed by atoms with Crippen molar-refractivity contribution in [3.05, 3.63) is 48.5 Å². The molecule has 0 amide bonds. The molecular weight excluding hydrogens is 436 g/mol. The molecule has 3 rings (SSSR count). The van der Waals surface area contributed by atoms with Crippen LogP contribution in [0, 0.1) is 12.5 Å². The molecule has 0 saturated heterocycles. The van der Waals surface area contributed by atoms with Crippen LogP contribution in [-0.4, -0.2) is 30.4 Å². The number of rotatable bonds is 0. The molecule has 0 radical (unpaired) electrons. The Morgan fingerprint density at radius 3 is 1.94 bits per heavy atom. The molecule has 0 spiro atoms. The first kappa shape index (κ1) is 29.2. The second-order valence-electron chi connectivity index (χ2n) is 11.8. The monoisotopic (exact) mass is 494 g/mol. The lowest BCUT2D eigenvalue weighted by Crippen LogP contribution is -3.07. The van der Waals surface area contributed by atoms with Gasteiger partial charge >= 0.3 is 0 Å². The van der Waals surface area contributed by atoms with Crippen LogP contribution in [0.4, 0.5) is 0 Å². The number of hydrogen-bond acceptors (Lipinski definition) is 0. The van der Waals surface area contributed by atoms with Gasteiger partial charge in [0.2, 0.25) is 0 Å². The van der Waals surface area contributed by atoms with E-state index in [0.29, 0.717) is 0 Å². The third kappa shape index (κ3) is 13.8. The molecular formula is C34H58N2. The van der Waals surface area contributed by atoms with E-state index in [0.717, 1.165) is 0 Å². The van der Waals surface area contributed by atoms with Crippen molar-refractivity contribution in [2.45, 2.75) is 141 Å². The predicted molar refractivity (Wildman–Crippen MR) is 157 cm³/mol. The number of nitrogens with zero attached hydrogens (tertiary/aromatic N) is 1. The first-order valence-corrected chi connectivity index (χ1v) is 16.1. The molecule has 204 valence electrons. The lowest BCUT2D eigenvalue weighted by molar-refractivity contribution is -0.841. The van der Waals surface area contributed by atoms with Crippen LogP contribution in [-0.2, 0) is 0 Å². The summed E-state index contributed by atoms with van der Waals surface area (Å²) in [6.45, 7) is 5.99. The van der Waals surface area contributed by atoms with E-state index in [9.17, 15) is 0 Å². The number of hydrogen-bond donors (Lipinski definition) is 1. The van der Waals surface area contributed by atoms with Crippen molar-refractivity contribution < 1.29 is 9.48 Å². The van der Waals surface area contributed by atoms with Crippen molar-refractivity contribution in [1.82, 2.24) is 0 Å². The topological polar surface area (TPSA) is 7.45 Å². The van der Waals surface area contributed by atoms with Crippen LogP contribution in [0.3, 0.4) is 0 Å². The van der Waals surface area contributed by atoms with E-state index in [1.54, 1.807) is 10.5 Å². The molecule has 0 aromatic carbocycles. The van der Waals surface area contributed by atoms with Gasteiger partial charge in [-0.15, -0.1) is 6.42 Å². The van der Waals surface area contributed by atoms with E-state index in [2.05, 4.69) is 47.8 Å². The predicted octanol–water partition coefficient (Wildman–Crippen LogP) is 8.31. The molecule has 3 aliphatic rings. The van der Waals surface area contributed by atoms with Crippen molar-refractivity contribution >= 4 is 6.21 Å². The second kappa shape index (κ2) is 19.7.